The van der Waals surface area contributed by atoms with Gasteiger partial charge in [0.15, 0.2) is 34.2 Å². The second-order valence-electron chi connectivity index (χ2n) is 9.68. The van der Waals surface area contributed by atoms with Crippen molar-refractivity contribution in [3.05, 3.63) is 124 Å². The number of nitrogens with zero attached hydrogens (tertiary/aromatic N) is 3. The van der Waals surface area contributed by atoms with Crippen LogP contribution in [0, 0.1) is 0 Å². The number of hydrogen-bond donors (Lipinski definition) is 0. The van der Waals surface area contributed by atoms with Gasteiger partial charge in [-0.05, 0) is 34.9 Å². The Morgan fingerprint density at radius 1 is 0.594 bits per heavy atom. The van der Waals surface area contributed by atoms with Gasteiger partial charge in [0.1, 0.15) is 19.9 Å². The second-order valence-corrected chi connectivity index (χ2v) is 9.68. The van der Waals surface area contributed by atoms with Crippen molar-refractivity contribution in [2.75, 3.05) is 0 Å². The van der Waals surface area contributed by atoms with E-state index in [0.717, 1.165) is 38.6 Å². The molecule has 0 fully saturated rings. The van der Waals surface area contributed by atoms with Crippen molar-refractivity contribution >= 4 is 0 Å². The van der Waals surface area contributed by atoms with E-state index in [0.29, 0.717) is 6.04 Å². The van der Waals surface area contributed by atoms with Gasteiger partial charge < -0.3 is 0 Å². The maximum absolute atomic E-state index is 2.70. The van der Waals surface area contributed by atoms with E-state index in [-0.39, 0.29) is 0 Å². The van der Waals surface area contributed by atoms with E-state index in [1.54, 1.807) is 5.56 Å². The molecule has 1 unspecified atom stereocenters. The van der Waals surface area contributed by atoms with Gasteiger partial charge in [-0.25, -0.2) is 4.57 Å². The Morgan fingerprint density at radius 2 is 1.09 bits per heavy atom. The van der Waals surface area contributed by atoms with Gasteiger partial charge in [-0.1, -0.05) is 18.2 Å². The molecule has 3 aliphatic heterocycles. The molecular weight excluding hydrogens is 390 g/mol. The topological polar surface area (TPSA) is 11.6 Å². The zero-order chi connectivity index (χ0) is 21.2. The third kappa shape index (κ3) is 2.70. The minimum Gasteiger partial charge on any atom is -0.202 e. The molecule has 4 aromatic rings. The molecule has 3 nitrogen and oxygen atoms in total. The summed E-state index contributed by atoms with van der Waals surface area (Å²) in [6.07, 6.45) is 5.07. The Morgan fingerprint density at radius 3 is 1.81 bits per heavy atom. The molecule has 3 aromatic heterocycles. The van der Waals surface area contributed by atoms with E-state index in [1.807, 2.05) is 0 Å². The predicted molar refractivity (Wildman–Crippen MR) is 121 cm³/mol. The molecular formula is C29H28N3+3. The number of fused-ring (bicyclic) bond motifs is 2. The quantitative estimate of drug-likeness (QED) is 0.343. The Kier molecular flexibility index (Phi) is 3.90. The van der Waals surface area contributed by atoms with E-state index < -0.39 is 0 Å². The SMILES string of the molecule is C[n+]1c2cccc1Cc1cccc3[n+]1C1Cc4c(cccc4Cc4cccc([n+]4C1)C3)C2. The average molecular weight is 419 g/mol. The first-order valence-corrected chi connectivity index (χ1v) is 11.8. The molecule has 5 bridgehead atoms. The smallest absolute Gasteiger partial charge is 0.202 e. The molecule has 0 radical (unpaired) electrons. The molecule has 0 N–H and O–H groups in total. The summed E-state index contributed by atoms with van der Waals surface area (Å²) >= 11 is 0. The lowest BCUT2D eigenvalue weighted by Gasteiger charge is -2.20. The number of benzene rings is 1. The highest BCUT2D eigenvalue weighted by molar-refractivity contribution is 5.40. The second kappa shape index (κ2) is 6.83. The zero-order valence-electron chi connectivity index (χ0n) is 18.6. The molecule has 0 saturated heterocycles. The van der Waals surface area contributed by atoms with Crippen LogP contribution in [0.4, 0.5) is 0 Å². The number of aromatic nitrogens is 3. The molecule has 3 heteroatoms. The van der Waals surface area contributed by atoms with Gasteiger partial charge in [0.25, 0.3) is 0 Å². The van der Waals surface area contributed by atoms with Gasteiger partial charge in [-0.15, -0.1) is 0 Å². The molecule has 3 aliphatic rings. The first-order chi connectivity index (χ1) is 15.7. The zero-order valence-corrected chi connectivity index (χ0v) is 18.6. The van der Waals surface area contributed by atoms with Crippen molar-refractivity contribution in [1.29, 1.82) is 0 Å². The number of pyridine rings is 3. The molecule has 156 valence electrons. The van der Waals surface area contributed by atoms with Gasteiger partial charge in [-0.2, -0.15) is 9.13 Å². The summed E-state index contributed by atoms with van der Waals surface area (Å²) in [6.45, 7) is 1.05. The third-order valence-electron chi connectivity index (χ3n) is 7.94. The van der Waals surface area contributed by atoms with E-state index in [4.69, 9.17) is 0 Å². The molecule has 0 amide bonds. The maximum Gasteiger partial charge on any atom is 0.220 e. The van der Waals surface area contributed by atoms with Crippen LogP contribution in [-0.2, 0) is 45.7 Å². The van der Waals surface area contributed by atoms with Crippen molar-refractivity contribution < 1.29 is 13.7 Å². The minimum absolute atomic E-state index is 0.426. The minimum atomic E-state index is 0.426. The highest BCUT2D eigenvalue weighted by atomic mass is 15.1. The summed E-state index contributed by atoms with van der Waals surface area (Å²) < 4.78 is 7.74. The van der Waals surface area contributed by atoms with Crippen LogP contribution in [-0.4, -0.2) is 0 Å². The van der Waals surface area contributed by atoms with Gasteiger partial charge in [0.2, 0.25) is 12.6 Å². The first-order valence-electron chi connectivity index (χ1n) is 11.8. The van der Waals surface area contributed by atoms with Crippen molar-refractivity contribution in [2.45, 2.75) is 44.7 Å². The van der Waals surface area contributed by atoms with Crippen LogP contribution in [0.2, 0.25) is 0 Å². The van der Waals surface area contributed by atoms with Crippen molar-refractivity contribution in [2.24, 2.45) is 7.05 Å². The fourth-order valence-corrected chi connectivity index (χ4v) is 6.31. The predicted octanol–water partition coefficient (Wildman–Crippen LogP) is 2.87. The summed E-state index contributed by atoms with van der Waals surface area (Å²) in [7, 11) is 2.24. The molecule has 32 heavy (non-hydrogen) atoms. The summed E-state index contributed by atoms with van der Waals surface area (Å²) in [4.78, 5) is 0. The van der Waals surface area contributed by atoms with E-state index >= 15 is 0 Å². The number of rotatable bonds is 0. The fourth-order valence-electron chi connectivity index (χ4n) is 6.31. The van der Waals surface area contributed by atoms with Gasteiger partial charge in [0, 0.05) is 42.8 Å². The van der Waals surface area contributed by atoms with Crippen LogP contribution in [0.25, 0.3) is 0 Å². The van der Waals surface area contributed by atoms with E-state index in [1.165, 1.54) is 45.3 Å². The van der Waals surface area contributed by atoms with Crippen LogP contribution in [0.1, 0.15) is 56.9 Å². The van der Waals surface area contributed by atoms with Crippen LogP contribution in [0.15, 0.2) is 72.8 Å². The third-order valence-corrected chi connectivity index (χ3v) is 7.94. The Labute approximate surface area is 189 Å². The van der Waals surface area contributed by atoms with Crippen LogP contribution >= 0.6 is 0 Å². The molecule has 0 aliphatic carbocycles. The molecule has 0 spiro atoms. The van der Waals surface area contributed by atoms with Gasteiger partial charge in [-0.3, -0.25) is 0 Å². The fraction of sp³-hybridized carbons (Fsp3) is 0.276. The molecule has 7 rings (SSSR count). The first kappa shape index (κ1) is 18.3. The Balaban J connectivity index is 1.59. The van der Waals surface area contributed by atoms with Crippen molar-refractivity contribution in [3.63, 3.8) is 0 Å². The van der Waals surface area contributed by atoms with Crippen molar-refractivity contribution in [1.82, 2.24) is 0 Å². The highest BCUT2D eigenvalue weighted by Crippen LogP contribution is 2.28. The van der Waals surface area contributed by atoms with E-state index in [9.17, 15) is 0 Å². The van der Waals surface area contributed by atoms with Crippen LogP contribution in [0.3, 0.4) is 0 Å². The standard InChI is InChI=1S/C29H28N3/c1-30-22-8-3-9-23(30)16-26-12-5-13-27-17-25-11-4-10-24-15-21-7-2-6-20(14-22)29(21)18-28(32(26)27)19-31(24)25/h2-13,28H,14-19H2,1H3/q+3. The normalized spacial score (nSPS) is 17.7. The van der Waals surface area contributed by atoms with E-state index in [2.05, 4.69) is 93.5 Å². The maximum atomic E-state index is 2.70. The molecule has 1 atom stereocenters. The van der Waals surface area contributed by atoms with Gasteiger partial charge >= 0.3 is 0 Å². The summed E-state index contributed by atoms with van der Waals surface area (Å²) in [6, 6.07) is 28.1. The molecule has 1 aromatic carbocycles. The Hall–Kier alpha value is -3.33. The van der Waals surface area contributed by atoms with Gasteiger partial charge in [0.05, 0.1) is 12.8 Å². The number of hydrogen-bond acceptors (Lipinski definition) is 0. The lowest BCUT2D eigenvalue weighted by atomic mass is 9.88. The van der Waals surface area contributed by atoms with Crippen LogP contribution < -0.4 is 13.7 Å². The average Bonchev–Trinajstić information content (AvgIpc) is 2.94. The summed E-state index contributed by atoms with van der Waals surface area (Å²) in [5.74, 6) is 0. The Bertz CT molecular complexity index is 1400. The lowest BCUT2D eigenvalue weighted by molar-refractivity contribution is -0.799. The molecule has 6 heterocycles. The summed E-state index contributed by atoms with van der Waals surface area (Å²) in [5.41, 5.74) is 13.1. The molecule has 0 saturated carbocycles. The lowest BCUT2D eigenvalue weighted by Crippen LogP contribution is -2.54. The monoisotopic (exact) mass is 418 g/mol. The van der Waals surface area contributed by atoms with Crippen LogP contribution in [0.5, 0.6) is 0 Å². The highest BCUT2D eigenvalue weighted by Gasteiger charge is 2.40. The largest absolute Gasteiger partial charge is 0.220 e. The summed E-state index contributed by atoms with van der Waals surface area (Å²) in [5, 5.41) is 0. The van der Waals surface area contributed by atoms with Crippen molar-refractivity contribution in [3.8, 4) is 0 Å².